The number of carbonyl (C=O) groups excluding carboxylic acids is 1. The topological polar surface area (TPSA) is 58.8 Å². The molecular weight excluding hydrogens is 266 g/mol. The van der Waals surface area contributed by atoms with E-state index in [1.165, 1.54) is 0 Å². The average molecular weight is 289 g/mol. The zero-order chi connectivity index (χ0) is 14.8. The molecule has 0 bridgehead atoms. The molecular formula is C16H23N3O2. The van der Waals surface area contributed by atoms with E-state index in [4.69, 9.17) is 10.5 Å². The van der Waals surface area contributed by atoms with E-state index < -0.39 is 0 Å². The average Bonchev–Trinajstić information content (AvgIpc) is 3.01. The van der Waals surface area contributed by atoms with Gasteiger partial charge in [0.05, 0.1) is 6.61 Å². The summed E-state index contributed by atoms with van der Waals surface area (Å²) in [6.07, 6.45) is 0.901. The van der Waals surface area contributed by atoms with Crippen LogP contribution in [-0.4, -0.2) is 61.1 Å². The molecule has 0 aliphatic carbocycles. The monoisotopic (exact) mass is 289 g/mol. The van der Waals surface area contributed by atoms with Crippen molar-refractivity contribution in [2.24, 2.45) is 5.73 Å². The van der Waals surface area contributed by atoms with Crippen LogP contribution in [0.1, 0.15) is 22.8 Å². The number of nitrogens with zero attached hydrogens (tertiary/aromatic N) is 2. The summed E-state index contributed by atoms with van der Waals surface area (Å²) in [4.78, 5) is 16.9. The first-order valence-electron chi connectivity index (χ1n) is 7.68. The summed E-state index contributed by atoms with van der Waals surface area (Å²) in [5.74, 6) is 1.05. The lowest BCUT2D eigenvalue weighted by Gasteiger charge is -2.37. The third-order valence-electron chi connectivity index (χ3n) is 4.50. The molecule has 114 valence electrons. The molecule has 2 aliphatic heterocycles. The Morgan fingerprint density at radius 1 is 1.33 bits per heavy atom. The number of hydrogen-bond donors (Lipinski definition) is 1. The van der Waals surface area contributed by atoms with Crippen LogP contribution in [0, 0.1) is 0 Å². The van der Waals surface area contributed by atoms with Gasteiger partial charge in [0.2, 0.25) is 0 Å². The standard InChI is InChI=1S/C16H23N3O2/c1-12(11-17)18-5-7-19(8-6-18)16(20)14-2-3-15-13(10-14)4-9-21-15/h2-3,10,12H,4-9,11,17H2,1H3. The number of fused-ring (bicyclic) bond motifs is 1. The molecule has 1 saturated heterocycles. The van der Waals surface area contributed by atoms with Crippen LogP contribution in [0.15, 0.2) is 18.2 Å². The second kappa shape index (κ2) is 6.03. The molecule has 1 aromatic rings. The Morgan fingerprint density at radius 3 is 2.81 bits per heavy atom. The van der Waals surface area contributed by atoms with Crippen LogP contribution in [0.25, 0.3) is 0 Å². The number of rotatable bonds is 3. The van der Waals surface area contributed by atoms with Gasteiger partial charge in [-0.3, -0.25) is 9.69 Å². The molecule has 1 amide bonds. The maximum absolute atomic E-state index is 12.6. The van der Waals surface area contributed by atoms with Gasteiger partial charge in [-0.15, -0.1) is 0 Å². The second-order valence-electron chi connectivity index (χ2n) is 5.83. The van der Waals surface area contributed by atoms with Crippen molar-refractivity contribution in [2.45, 2.75) is 19.4 Å². The van der Waals surface area contributed by atoms with Crippen LogP contribution in [0.3, 0.4) is 0 Å². The summed E-state index contributed by atoms with van der Waals surface area (Å²) < 4.78 is 5.49. The molecule has 21 heavy (non-hydrogen) atoms. The van der Waals surface area contributed by atoms with Gasteiger partial charge in [0.25, 0.3) is 5.91 Å². The number of ether oxygens (including phenoxy) is 1. The van der Waals surface area contributed by atoms with Gasteiger partial charge in [-0.2, -0.15) is 0 Å². The highest BCUT2D eigenvalue weighted by atomic mass is 16.5. The summed E-state index contributed by atoms with van der Waals surface area (Å²) in [5, 5.41) is 0. The van der Waals surface area contributed by atoms with E-state index in [1.54, 1.807) is 0 Å². The maximum Gasteiger partial charge on any atom is 0.253 e. The number of hydrogen-bond acceptors (Lipinski definition) is 4. The van der Waals surface area contributed by atoms with Gasteiger partial charge in [-0.25, -0.2) is 0 Å². The van der Waals surface area contributed by atoms with Gasteiger partial charge in [0.15, 0.2) is 0 Å². The first-order chi connectivity index (χ1) is 10.2. The molecule has 2 N–H and O–H groups in total. The molecule has 1 unspecified atom stereocenters. The van der Waals surface area contributed by atoms with E-state index in [1.807, 2.05) is 23.1 Å². The predicted molar refractivity (Wildman–Crippen MR) is 81.6 cm³/mol. The minimum Gasteiger partial charge on any atom is -0.493 e. The Labute approximate surface area is 125 Å². The van der Waals surface area contributed by atoms with Crippen molar-refractivity contribution < 1.29 is 9.53 Å². The van der Waals surface area contributed by atoms with Gasteiger partial charge in [-0.1, -0.05) is 0 Å². The molecule has 1 atom stereocenters. The fourth-order valence-electron chi connectivity index (χ4n) is 3.02. The molecule has 2 aliphatic rings. The number of nitrogens with two attached hydrogens (primary N) is 1. The molecule has 2 heterocycles. The highest BCUT2D eigenvalue weighted by molar-refractivity contribution is 5.94. The second-order valence-corrected chi connectivity index (χ2v) is 5.83. The summed E-state index contributed by atoms with van der Waals surface area (Å²) in [7, 11) is 0. The zero-order valence-electron chi connectivity index (χ0n) is 12.5. The maximum atomic E-state index is 12.6. The van der Waals surface area contributed by atoms with Crippen molar-refractivity contribution in [1.82, 2.24) is 9.80 Å². The van der Waals surface area contributed by atoms with Crippen LogP contribution in [0.2, 0.25) is 0 Å². The Morgan fingerprint density at radius 2 is 2.10 bits per heavy atom. The molecule has 0 saturated carbocycles. The third-order valence-corrected chi connectivity index (χ3v) is 4.50. The minimum absolute atomic E-state index is 0.129. The van der Waals surface area contributed by atoms with Crippen LogP contribution >= 0.6 is 0 Å². The SMILES string of the molecule is CC(CN)N1CCN(C(=O)c2ccc3c(c2)CCO3)CC1. The largest absolute Gasteiger partial charge is 0.493 e. The van der Waals surface area contributed by atoms with E-state index in [0.29, 0.717) is 12.6 Å². The Bertz CT molecular complexity index is 524. The predicted octanol–water partition coefficient (Wildman–Crippen LogP) is 0.727. The lowest BCUT2D eigenvalue weighted by molar-refractivity contribution is 0.0589. The van der Waals surface area contributed by atoms with E-state index in [2.05, 4.69) is 11.8 Å². The Hall–Kier alpha value is -1.59. The summed E-state index contributed by atoms with van der Waals surface area (Å²) in [6.45, 7) is 6.88. The first-order valence-corrected chi connectivity index (χ1v) is 7.68. The molecule has 5 nitrogen and oxygen atoms in total. The van der Waals surface area contributed by atoms with Crippen LogP contribution in [0.5, 0.6) is 5.75 Å². The van der Waals surface area contributed by atoms with E-state index >= 15 is 0 Å². The van der Waals surface area contributed by atoms with Crippen molar-refractivity contribution in [2.75, 3.05) is 39.3 Å². The summed E-state index contributed by atoms with van der Waals surface area (Å²) in [5.41, 5.74) is 7.63. The lowest BCUT2D eigenvalue weighted by Crippen LogP contribution is -2.52. The molecule has 3 rings (SSSR count). The quantitative estimate of drug-likeness (QED) is 0.891. The highest BCUT2D eigenvalue weighted by Gasteiger charge is 2.25. The summed E-state index contributed by atoms with van der Waals surface area (Å²) in [6, 6.07) is 6.17. The molecule has 1 fully saturated rings. The Kier molecular flexibility index (Phi) is 4.12. The number of benzene rings is 1. The molecule has 0 radical (unpaired) electrons. The molecule has 5 heteroatoms. The zero-order valence-corrected chi connectivity index (χ0v) is 12.5. The lowest BCUT2D eigenvalue weighted by atomic mass is 10.1. The van der Waals surface area contributed by atoms with E-state index in [0.717, 1.165) is 56.1 Å². The van der Waals surface area contributed by atoms with E-state index in [9.17, 15) is 4.79 Å². The van der Waals surface area contributed by atoms with Crippen molar-refractivity contribution in [3.05, 3.63) is 29.3 Å². The van der Waals surface area contributed by atoms with Crippen LogP contribution < -0.4 is 10.5 Å². The molecule has 0 aromatic heterocycles. The smallest absolute Gasteiger partial charge is 0.253 e. The number of piperazine rings is 1. The van der Waals surface area contributed by atoms with Crippen LogP contribution in [0.4, 0.5) is 0 Å². The fraction of sp³-hybridized carbons (Fsp3) is 0.562. The summed E-state index contributed by atoms with van der Waals surface area (Å²) >= 11 is 0. The van der Waals surface area contributed by atoms with Gasteiger partial charge in [0, 0.05) is 50.7 Å². The number of carbonyl (C=O) groups is 1. The van der Waals surface area contributed by atoms with Crippen molar-refractivity contribution in [3.63, 3.8) is 0 Å². The van der Waals surface area contributed by atoms with E-state index in [-0.39, 0.29) is 5.91 Å². The molecule has 0 spiro atoms. The van der Waals surface area contributed by atoms with Crippen molar-refractivity contribution in [1.29, 1.82) is 0 Å². The first kappa shape index (κ1) is 14.4. The fourth-order valence-corrected chi connectivity index (χ4v) is 3.02. The minimum atomic E-state index is 0.129. The number of amides is 1. The molecule has 1 aromatic carbocycles. The van der Waals surface area contributed by atoms with Crippen LogP contribution in [-0.2, 0) is 6.42 Å². The van der Waals surface area contributed by atoms with Gasteiger partial charge in [0.1, 0.15) is 5.75 Å². The highest BCUT2D eigenvalue weighted by Crippen LogP contribution is 2.26. The van der Waals surface area contributed by atoms with Gasteiger partial charge < -0.3 is 15.4 Å². The van der Waals surface area contributed by atoms with Gasteiger partial charge in [-0.05, 0) is 30.7 Å². The normalized spacial score (nSPS) is 20.0. The van der Waals surface area contributed by atoms with Crippen molar-refractivity contribution >= 4 is 5.91 Å². The third kappa shape index (κ3) is 2.89. The Balaban J connectivity index is 1.64. The van der Waals surface area contributed by atoms with Crippen molar-refractivity contribution in [3.8, 4) is 5.75 Å². The van der Waals surface area contributed by atoms with Gasteiger partial charge >= 0.3 is 0 Å².